The highest BCUT2D eigenvalue weighted by Crippen LogP contribution is 2.37. The van der Waals surface area contributed by atoms with Crippen molar-refractivity contribution < 1.29 is 17.9 Å². The highest BCUT2D eigenvalue weighted by atomic mass is 35.5. The number of aryl methyl sites for hydroxylation is 1. The van der Waals surface area contributed by atoms with E-state index in [4.69, 9.17) is 27.9 Å². The van der Waals surface area contributed by atoms with Gasteiger partial charge in [0.25, 0.3) is 5.56 Å². The molecule has 0 atom stereocenters. The normalized spacial score (nSPS) is 11.7. The molecule has 0 saturated heterocycles. The molecule has 0 amide bonds. The number of benzene rings is 1. The Hall–Kier alpha value is -3.47. The highest BCUT2D eigenvalue weighted by Gasteiger charge is 2.34. The summed E-state index contributed by atoms with van der Waals surface area (Å²) in [6, 6.07) is 9.29. The average molecular weight is 577 g/mol. The van der Waals surface area contributed by atoms with Crippen molar-refractivity contribution in [3.05, 3.63) is 103 Å². The summed E-state index contributed by atoms with van der Waals surface area (Å²) in [6.45, 7) is 1.64. The summed E-state index contributed by atoms with van der Waals surface area (Å²) < 4.78 is 47.4. The lowest BCUT2D eigenvalue weighted by atomic mass is 10.0. The number of hydrogen-bond donors (Lipinski definition) is 0. The van der Waals surface area contributed by atoms with Crippen LogP contribution < -0.4 is 10.3 Å². The molecule has 0 aliphatic heterocycles. The third-order valence-corrected chi connectivity index (χ3v) is 7.23. The quantitative estimate of drug-likeness (QED) is 0.214. The van der Waals surface area contributed by atoms with Crippen LogP contribution in [-0.4, -0.2) is 19.5 Å². The van der Waals surface area contributed by atoms with Crippen LogP contribution in [-0.2, 0) is 19.3 Å². The molecule has 4 aromatic heterocycles. The maximum atomic E-state index is 13.2. The van der Waals surface area contributed by atoms with Crippen molar-refractivity contribution in [2.75, 3.05) is 0 Å². The predicted octanol–water partition coefficient (Wildman–Crippen LogP) is 7.18. The molecule has 0 radical (unpaired) electrons. The number of halogens is 5. The second-order valence-corrected chi connectivity index (χ2v) is 10.2. The van der Waals surface area contributed by atoms with Gasteiger partial charge in [-0.25, -0.2) is 9.97 Å². The molecule has 194 valence electrons. The first kappa shape index (κ1) is 26.1. The summed E-state index contributed by atoms with van der Waals surface area (Å²) in [5.74, 6) is 0.467. The van der Waals surface area contributed by atoms with Gasteiger partial charge in [0, 0.05) is 40.8 Å². The summed E-state index contributed by atoms with van der Waals surface area (Å²) in [4.78, 5) is 25.6. The summed E-state index contributed by atoms with van der Waals surface area (Å²) in [5, 5.41) is 1.04. The standard InChI is InChI=1S/C26H17Cl2F3N4O2S/c1-14-8-17(23-24(28)38-13-33-23)16-4-2-6-21(22(16)34-14)37-12-18-15(9-32-10-20(18)27)11-35-7-3-5-19(25(35)36)26(29,30)31/h2-10,13H,11-12H2,1H3. The molecule has 38 heavy (non-hydrogen) atoms. The van der Waals surface area contributed by atoms with E-state index in [9.17, 15) is 18.0 Å². The van der Waals surface area contributed by atoms with Crippen LogP contribution >= 0.6 is 34.5 Å². The second kappa shape index (κ2) is 10.4. The van der Waals surface area contributed by atoms with E-state index in [1.165, 1.54) is 36.0 Å². The van der Waals surface area contributed by atoms with Gasteiger partial charge in [-0.2, -0.15) is 13.2 Å². The Morgan fingerprint density at radius 3 is 2.68 bits per heavy atom. The molecule has 0 aliphatic rings. The zero-order chi connectivity index (χ0) is 27.0. The number of thiazole rings is 1. The van der Waals surface area contributed by atoms with E-state index in [1.54, 1.807) is 11.6 Å². The monoisotopic (exact) mass is 576 g/mol. The summed E-state index contributed by atoms with van der Waals surface area (Å²) in [5.41, 5.74) is 2.98. The van der Waals surface area contributed by atoms with Gasteiger partial charge in [0.2, 0.25) is 0 Å². The Kier molecular flexibility index (Phi) is 7.13. The fraction of sp³-hybridized carbons (Fsp3) is 0.154. The molecule has 1 aromatic carbocycles. The number of alkyl halides is 3. The van der Waals surface area contributed by atoms with Gasteiger partial charge >= 0.3 is 6.18 Å². The van der Waals surface area contributed by atoms with Gasteiger partial charge in [-0.3, -0.25) is 9.78 Å². The third-order valence-electron chi connectivity index (χ3n) is 5.84. The molecule has 0 bridgehead atoms. The number of pyridine rings is 3. The van der Waals surface area contributed by atoms with Crippen molar-refractivity contribution in [3.8, 4) is 17.0 Å². The molecule has 0 fully saturated rings. The zero-order valence-corrected chi connectivity index (χ0v) is 21.9. The Morgan fingerprint density at radius 1 is 1.13 bits per heavy atom. The third kappa shape index (κ3) is 5.11. The van der Waals surface area contributed by atoms with Crippen LogP contribution in [0.4, 0.5) is 13.2 Å². The predicted molar refractivity (Wildman–Crippen MR) is 141 cm³/mol. The van der Waals surface area contributed by atoms with Gasteiger partial charge in [-0.1, -0.05) is 35.3 Å². The van der Waals surface area contributed by atoms with Crippen LogP contribution in [0.1, 0.15) is 22.4 Å². The fourth-order valence-electron chi connectivity index (χ4n) is 4.08. The van der Waals surface area contributed by atoms with Gasteiger partial charge in [0.1, 0.15) is 33.5 Å². The first-order valence-electron chi connectivity index (χ1n) is 11.1. The SMILES string of the molecule is Cc1cc(-c2ncsc2Cl)c2cccc(OCc3c(Cl)cncc3Cn3cccc(C(F)(F)F)c3=O)c2n1. The fourth-order valence-corrected chi connectivity index (χ4v) is 5.11. The summed E-state index contributed by atoms with van der Waals surface area (Å²) >= 11 is 14.1. The van der Waals surface area contributed by atoms with Crippen molar-refractivity contribution in [2.45, 2.75) is 26.3 Å². The van der Waals surface area contributed by atoms with Crippen molar-refractivity contribution in [3.63, 3.8) is 0 Å². The van der Waals surface area contributed by atoms with E-state index >= 15 is 0 Å². The second-order valence-electron chi connectivity index (χ2n) is 8.34. The van der Waals surface area contributed by atoms with Crippen molar-refractivity contribution >= 4 is 45.4 Å². The number of fused-ring (bicyclic) bond motifs is 1. The lowest BCUT2D eigenvalue weighted by Crippen LogP contribution is -2.28. The first-order valence-corrected chi connectivity index (χ1v) is 12.8. The first-order chi connectivity index (χ1) is 18.1. The van der Waals surface area contributed by atoms with E-state index in [0.29, 0.717) is 32.4 Å². The molecule has 0 N–H and O–H groups in total. The maximum absolute atomic E-state index is 13.2. The number of ether oxygens (including phenoxy) is 1. The smallest absolute Gasteiger partial charge is 0.421 e. The molecule has 4 heterocycles. The minimum absolute atomic E-state index is 0.0358. The van der Waals surface area contributed by atoms with Crippen LogP contribution in [0.5, 0.6) is 5.75 Å². The molecule has 0 spiro atoms. The average Bonchev–Trinajstić information content (AvgIpc) is 3.29. The molecular formula is C26H17Cl2F3N4O2S. The molecule has 0 unspecified atom stereocenters. The largest absolute Gasteiger partial charge is 0.487 e. The minimum Gasteiger partial charge on any atom is -0.487 e. The van der Waals surface area contributed by atoms with Gasteiger partial charge in [0.15, 0.2) is 0 Å². The molecule has 5 rings (SSSR count). The van der Waals surface area contributed by atoms with E-state index in [0.717, 1.165) is 27.3 Å². The topological polar surface area (TPSA) is 69.9 Å². The summed E-state index contributed by atoms with van der Waals surface area (Å²) in [7, 11) is 0. The molecule has 6 nitrogen and oxygen atoms in total. The maximum Gasteiger partial charge on any atom is 0.421 e. The number of para-hydroxylation sites is 1. The van der Waals surface area contributed by atoms with Crippen LogP contribution in [0.2, 0.25) is 9.36 Å². The molecule has 0 aliphatic carbocycles. The zero-order valence-electron chi connectivity index (χ0n) is 19.6. The Bertz CT molecular complexity index is 1720. The molecule has 12 heteroatoms. The van der Waals surface area contributed by atoms with E-state index in [1.807, 2.05) is 25.1 Å². The summed E-state index contributed by atoms with van der Waals surface area (Å²) in [6.07, 6.45) is -0.622. The van der Waals surface area contributed by atoms with Gasteiger partial charge in [-0.05, 0) is 36.8 Å². The van der Waals surface area contributed by atoms with E-state index in [-0.39, 0.29) is 18.2 Å². The van der Waals surface area contributed by atoms with Crippen LogP contribution in [0.15, 0.2) is 65.3 Å². The van der Waals surface area contributed by atoms with Gasteiger partial charge in [-0.15, -0.1) is 11.3 Å². The van der Waals surface area contributed by atoms with Gasteiger partial charge in [0.05, 0.1) is 17.1 Å². The Labute approximate surface area is 228 Å². The molecular weight excluding hydrogens is 560 g/mol. The van der Waals surface area contributed by atoms with Crippen molar-refractivity contribution in [1.82, 2.24) is 19.5 Å². The number of nitrogens with zero attached hydrogens (tertiary/aromatic N) is 4. The van der Waals surface area contributed by atoms with Crippen molar-refractivity contribution in [2.24, 2.45) is 0 Å². The Morgan fingerprint density at radius 2 is 1.95 bits per heavy atom. The van der Waals surface area contributed by atoms with E-state index in [2.05, 4.69) is 15.0 Å². The lowest BCUT2D eigenvalue weighted by Gasteiger charge is -2.16. The number of aromatic nitrogens is 4. The van der Waals surface area contributed by atoms with E-state index < -0.39 is 17.3 Å². The van der Waals surface area contributed by atoms with Crippen LogP contribution in [0.3, 0.4) is 0 Å². The van der Waals surface area contributed by atoms with Crippen LogP contribution in [0.25, 0.3) is 22.2 Å². The van der Waals surface area contributed by atoms with Crippen molar-refractivity contribution in [1.29, 1.82) is 0 Å². The molecule has 5 aromatic rings. The number of hydrogen-bond acceptors (Lipinski definition) is 6. The molecule has 0 saturated carbocycles. The Balaban J connectivity index is 1.50. The highest BCUT2D eigenvalue weighted by molar-refractivity contribution is 7.14. The lowest BCUT2D eigenvalue weighted by molar-refractivity contribution is -0.138. The van der Waals surface area contributed by atoms with Crippen LogP contribution in [0, 0.1) is 6.92 Å². The minimum atomic E-state index is -4.76. The van der Waals surface area contributed by atoms with Gasteiger partial charge < -0.3 is 9.30 Å². The number of rotatable bonds is 6.